The lowest BCUT2D eigenvalue weighted by Crippen LogP contribution is -2.28. The van der Waals surface area contributed by atoms with E-state index in [1.807, 2.05) is 42.5 Å². The van der Waals surface area contributed by atoms with Crippen molar-refractivity contribution in [3.8, 4) is 0 Å². The zero-order valence-corrected chi connectivity index (χ0v) is 36.8. The highest BCUT2D eigenvalue weighted by Gasteiger charge is 2.45. The molecule has 0 fully saturated rings. The molecule has 5 rings (SSSR count). The fourth-order valence-electron chi connectivity index (χ4n) is 7.98. The van der Waals surface area contributed by atoms with Crippen LogP contribution in [0.15, 0.2) is 108 Å². The van der Waals surface area contributed by atoms with Crippen molar-refractivity contribution in [1.82, 2.24) is 0 Å². The number of carbonyl (C=O) groups is 1. The van der Waals surface area contributed by atoms with E-state index < -0.39 is 25.4 Å². The van der Waals surface area contributed by atoms with Crippen LogP contribution in [0.2, 0.25) is 0 Å². The summed E-state index contributed by atoms with van der Waals surface area (Å²) in [7, 11) is -7.57. The molecule has 0 spiro atoms. The fraction of sp³-hybridized carbons (Fsp3) is 0.435. The average molecular weight is 832 g/mol. The van der Waals surface area contributed by atoms with E-state index in [9.17, 15) is 26.2 Å². The first-order valence-corrected chi connectivity index (χ1v) is 24.4. The predicted octanol–water partition coefficient (Wildman–Crippen LogP) is 9.69. The Balaban J connectivity index is 1.18. The van der Waals surface area contributed by atoms with Crippen LogP contribution in [0.25, 0.3) is 0 Å². The third-order valence-corrected chi connectivity index (χ3v) is 15.0. The summed E-state index contributed by atoms with van der Waals surface area (Å²) in [5.74, 6) is 1.58. The summed E-state index contributed by atoms with van der Waals surface area (Å²) >= 11 is 1.61. The summed E-state index contributed by atoms with van der Waals surface area (Å²) in [5, 5.41) is 0. The van der Waals surface area contributed by atoms with Gasteiger partial charge in [0.05, 0.1) is 21.8 Å². The van der Waals surface area contributed by atoms with Crippen LogP contribution in [0.5, 0.6) is 0 Å². The Morgan fingerprint density at radius 2 is 1.56 bits per heavy atom. The highest BCUT2D eigenvalue weighted by atomic mass is 32.2. The second-order valence-corrected chi connectivity index (χ2v) is 21.0. The molecule has 0 saturated heterocycles. The van der Waals surface area contributed by atoms with Gasteiger partial charge in [0.25, 0.3) is 10.1 Å². The van der Waals surface area contributed by atoms with Crippen molar-refractivity contribution in [1.29, 1.82) is 0 Å². The molecule has 0 aliphatic carbocycles. The van der Waals surface area contributed by atoms with Crippen LogP contribution in [0.4, 0.5) is 11.4 Å². The average Bonchev–Trinajstić information content (AvgIpc) is 3.50. The summed E-state index contributed by atoms with van der Waals surface area (Å²) < 4.78 is 61.3. The first-order chi connectivity index (χ1) is 27.0. The molecule has 2 aliphatic rings. The van der Waals surface area contributed by atoms with Crippen molar-refractivity contribution in [2.24, 2.45) is 0 Å². The van der Waals surface area contributed by atoms with Crippen LogP contribution < -0.4 is 4.90 Å². The minimum absolute atomic E-state index is 0.0377. The van der Waals surface area contributed by atoms with Gasteiger partial charge < -0.3 is 4.90 Å². The van der Waals surface area contributed by atoms with Crippen LogP contribution in [-0.2, 0) is 41.3 Å². The number of rotatable bonds is 20. The minimum atomic E-state index is -4.38. The molecular weight excluding hydrogens is 773 g/mol. The molecule has 0 bridgehead atoms. The molecule has 0 unspecified atom stereocenters. The molecule has 8 nitrogen and oxygen atoms in total. The minimum Gasteiger partial charge on any atom is -0.344 e. The normalized spacial score (nSPS) is 17.0. The first-order valence-electron chi connectivity index (χ1n) is 20.0. The lowest BCUT2D eigenvalue weighted by molar-refractivity contribution is -0.438. The number of unbranched alkanes of at least 4 members (excludes halogenated alkanes) is 2. The number of Topliss-reactive ketones (excluding diaryl/α,β-unsaturated/α-hetero) is 1. The van der Waals surface area contributed by atoms with Crippen molar-refractivity contribution in [2.45, 2.75) is 102 Å². The molecule has 11 heteroatoms. The standard InChI is InChI=1S/C46H58N2O6S3/c1-7-47-41-26-24-35(2)32-39(41)45(3,4)43(47)22-14-9-15-23-44-46(5,6)40-33-38(57(52,53)54)25-27-42(40)48(44)28-16-10-13-20-37(49)21-17-30-56(50,51)31-29-55-34-36-18-11-8-12-19-36/h8-9,11-12,14-15,18-19,22-27,32-33H,7,10,13,16-17,20-21,28-31,34H2,1-6H3/p+1. The van der Waals surface area contributed by atoms with Crippen molar-refractivity contribution < 1.29 is 30.8 Å². The Kier molecular flexibility index (Phi) is 14.7. The first kappa shape index (κ1) is 44.3. The number of carbonyl (C=O) groups excluding carboxylic acids is 1. The van der Waals surface area contributed by atoms with Crippen molar-refractivity contribution in [3.05, 3.63) is 125 Å². The third-order valence-electron chi connectivity index (χ3n) is 11.2. The van der Waals surface area contributed by atoms with Crippen LogP contribution in [0.1, 0.15) is 95.4 Å². The SMILES string of the molecule is CCN1C(=CC=CC=CC2=[N+](CCCCCC(=O)CCCS(=O)(=O)CCSCc3ccccc3)c3ccc(S(=O)(=O)O)cc3C2(C)C)C(C)(C)c2cc(C)ccc21. The zero-order valence-electron chi connectivity index (χ0n) is 34.3. The van der Waals surface area contributed by atoms with E-state index in [0.717, 1.165) is 42.1 Å². The van der Waals surface area contributed by atoms with Crippen LogP contribution >= 0.6 is 11.8 Å². The summed E-state index contributed by atoms with van der Waals surface area (Å²) in [5.41, 5.74) is 8.30. The highest BCUT2D eigenvalue weighted by molar-refractivity contribution is 8.00. The Morgan fingerprint density at radius 1 is 0.825 bits per heavy atom. The van der Waals surface area contributed by atoms with E-state index in [2.05, 4.69) is 87.4 Å². The number of hydrogen-bond donors (Lipinski definition) is 1. The number of thioether (sulfide) groups is 1. The van der Waals surface area contributed by atoms with Gasteiger partial charge in [-0.05, 0) is 82.4 Å². The van der Waals surface area contributed by atoms with E-state index in [4.69, 9.17) is 0 Å². The number of allylic oxidation sites excluding steroid dienone is 6. The summed E-state index contributed by atoms with van der Waals surface area (Å²) in [6.45, 7) is 14.5. The van der Waals surface area contributed by atoms with Gasteiger partial charge in [-0.25, -0.2) is 8.42 Å². The maximum atomic E-state index is 12.7. The molecular formula is C46H59N2O6S3+. The molecule has 3 aromatic carbocycles. The van der Waals surface area contributed by atoms with E-state index in [0.29, 0.717) is 31.6 Å². The number of hydrogen-bond acceptors (Lipinski definition) is 7. The molecule has 3 aromatic rings. The maximum absolute atomic E-state index is 12.7. The van der Waals surface area contributed by atoms with E-state index in [-0.39, 0.29) is 34.0 Å². The Labute approximate surface area is 345 Å². The Bertz CT molecular complexity index is 2270. The third kappa shape index (κ3) is 11.0. The van der Waals surface area contributed by atoms with Crippen LogP contribution in [0, 0.1) is 6.92 Å². The van der Waals surface area contributed by atoms with Gasteiger partial charge in [0, 0.05) is 71.8 Å². The maximum Gasteiger partial charge on any atom is 0.294 e. The molecule has 0 saturated carbocycles. The van der Waals surface area contributed by atoms with Crippen molar-refractivity contribution in [3.63, 3.8) is 0 Å². The number of anilines is 1. The monoisotopic (exact) mass is 831 g/mol. The van der Waals surface area contributed by atoms with E-state index in [1.165, 1.54) is 34.1 Å². The van der Waals surface area contributed by atoms with Gasteiger partial charge in [-0.2, -0.15) is 24.8 Å². The number of fused-ring (bicyclic) bond motifs is 2. The van der Waals surface area contributed by atoms with Crippen molar-refractivity contribution in [2.75, 3.05) is 35.2 Å². The molecule has 306 valence electrons. The number of nitrogens with zero attached hydrogens (tertiary/aromatic N) is 2. The topological polar surface area (TPSA) is 112 Å². The summed E-state index contributed by atoms with van der Waals surface area (Å²) in [6, 6.07) is 21.4. The fourth-order valence-corrected chi connectivity index (χ4v) is 11.3. The molecule has 0 radical (unpaired) electrons. The van der Waals surface area contributed by atoms with Gasteiger partial charge in [-0.1, -0.05) is 80.1 Å². The smallest absolute Gasteiger partial charge is 0.294 e. The van der Waals surface area contributed by atoms with Gasteiger partial charge in [0.15, 0.2) is 15.5 Å². The lowest BCUT2D eigenvalue weighted by Gasteiger charge is -2.25. The lowest BCUT2D eigenvalue weighted by atomic mass is 9.81. The summed E-state index contributed by atoms with van der Waals surface area (Å²) in [4.78, 5) is 14.9. The highest BCUT2D eigenvalue weighted by Crippen LogP contribution is 2.48. The molecule has 2 heterocycles. The number of sulfone groups is 1. The number of likely N-dealkylation sites (N-methyl/N-ethyl adjacent to an activating group) is 1. The molecule has 1 N–H and O–H groups in total. The Hall–Kier alpha value is -3.77. The van der Waals surface area contributed by atoms with Gasteiger partial charge in [-0.15, -0.1) is 0 Å². The van der Waals surface area contributed by atoms with Gasteiger partial charge in [0.1, 0.15) is 12.3 Å². The number of ketones is 1. The van der Waals surface area contributed by atoms with E-state index >= 15 is 0 Å². The second kappa shape index (κ2) is 18.9. The van der Waals surface area contributed by atoms with Gasteiger partial charge in [-0.3, -0.25) is 9.35 Å². The zero-order chi connectivity index (χ0) is 41.4. The molecule has 0 aromatic heterocycles. The summed E-state index contributed by atoms with van der Waals surface area (Å²) in [6.07, 6.45) is 13.8. The van der Waals surface area contributed by atoms with Gasteiger partial charge in [0.2, 0.25) is 5.69 Å². The van der Waals surface area contributed by atoms with Crippen LogP contribution in [-0.4, -0.2) is 67.8 Å². The number of benzene rings is 3. The molecule has 2 aliphatic heterocycles. The predicted molar refractivity (Wildman–Crippen MR) is 237 cm³/mol. The quantitative estimate of drug-likeness (QED) is 0.0519. The number of aryl methyl sites for hydroxylation is 1. The van der Waals surface area contributed by atoms with E-state index in [1.54, 1.807) is 23.9 Å². The molecule has 57 heavy (non-hydrogen) atoms. The van der Waals surface area contributed by atoms with Gasteiger partial charge >= 0.3 is 0 Å². The largest absolute Gasteiger partial charge is 0.344 e. The Morgan fingerprint density at radius 3 is 2.28 bits per heavy atom. The molecule has 0 amide bonds. The second-order valence-electron chi connectivity index (χ2n) is 16.1. The molecule has 0 atom stereocenters. The van der Waals surface area contributed by atoms with Crippen molar-refractivity contribution >= 4 is 54.6 Å². The van der Waals surface area contributed by atoms with Crippen LogP contribution in [0.3, 0.4) is 0 Å².